The molecule has 3 rings (SSSR count). The Hall–Kier alpha value is -3.35. The number of ether oxygens (including phenoxy) is 2. The van der Waals surface area contributed by atoms with Gasteiger partial charge in [0, 0.05) is 12.3 Å². The van der Waals surface area contributed by atoms with Crippen molar-refractivity contribution in [3.05, 3.63) is 47.4 Å². The number of hydrogen-bond donors (Lipinski definition) is 3. The van der Waals surface area contributed by atoms with E-state index in [-0.39, 0.29) is 45.8 Å². The summed E-state index contributed by atoms with van der Waals surface area (Å²) in [5.74, 6) is -2.57. The van der Waals surface area contributed by atoms with Gasteiger partial charge in [0.05, 0.1) is 40.0 Å². The lowest BCUT2D eigenvalue weighted by Gasteiger charge is -2.38. The number of anilines is 2. The predicted octanol–water partition coefficient (Wildman–Crippen LogP) is 3.23. The quantitative estimate of drug-likeness (QED) is 0.375. The molecular formula is C21H23F3N4O5S. The van der Waals surface area contributed by atoms with Gasteiger partial charge in [-0.15, -0.1) is 0 Å². The summed E-state index contributed by atoms with van der Waals surface area (Å²) in [6, 6.07) is 4.23. The molecule has 1 fully saturated rings. The number of carbonyl (C=O) groups is 1. The van der Waals surface area contributed by atoms with Crippen LogP contribution in [0.5, 0.6) is 5.75 Å². The standard InChI is InChI=1S/C21H23F3N4O5S/c1-11(2)32-17(25)14-6-12(19(29)28-21(3)9-34(30,31)10-21)8-26-18(14)27-16-7-13(33-20(23)24)4-5-15(16)22/h4-8,11,20,25H,9-10H2,1-3H3,(H,26,27)(H,28,29). The second kappa shape index (κ2) is 9.49. The van der Waals surface area contributed by atoms with Crippen molar-refractivity contribution in [2.24, 2.45) is 0 Å². The van der Waals surface area contributed by atoms with Crippen molar-refractivity contribution in [2.45, 2.75) is 39.0 Å². The molecule has 1 saturated heterocycles. The molecule has 0 atom stereocenters. The van der Waals surface area contributed by atoms with Crippen molar-refractivity contribution in [3.8, 4) is 5.75 Å². The van der Waals surface area contributed by atoms with Crippen LogP contribution in [0.3, 0.4) is 0 Å². The number of amides is 1. The van der Waals surface area contributed by atoms with Gasteiger partial charge in [-0.05, 0) is 39.0 Å². The highest BCUT2D eigenvalue weighted by atomic mass is 32.2. The van der Waals surface area contributed by atoms with Crippen molar-refractivity contribution in [1.29, 1.82) is 5.41 Å². The van der Waals surface area contributed by atoms with Gasteiger partial charge in [0.25, 0.3) is 5.91 Å². The molecule has 2 aromatic rings. The van der Waals surface area contributed by atoms with Crippen molar-refractivity contribution < 1.29 is 35.9 Å². The zero-order valence-electron chi connectivity index (χ0n) is 18.5. The average Bonchev–Trinajstić information content (AvgIpc) is 2.67. The van der Waals surface area contributed by atoms with Crippen molar-refractivity contribution in [2.75, 3.05) is 16.8 Å². The molecule has 1 amide bonds. The van der Waals surface area contributed by atoms with Crippen LogP contribution >= 0.6 is 0 Å². The Morgan fingerprint density at radius 1 is 1.24 bits per heavy atom. The van der Waals surface area contributed by atoms with Gasteiger partial charge in [-0.2, -0.15) is 8.78 Å². The van der Waals surface area contributed by atoms with E-state index in [0.29, 0.717) is 0 Å². The largest absolute Gasteiger partial charge is 0.475 e. The summed E-state index contributed by atoms with van der Waals surface area (Å²) in [4.78, 5) is 16.8. The van der Waals surface area contributed by atoms with Crippen molar-refractivity contribution in [1.82, 2.24) is 10.3 Å². The summed E-state index contributed by atoms with van der Waals surface area (Å²) in [5.41, 5.74) is -1.18. The Morgan fingerprint density at radius 2 is 1.91 bits per heavy atom. The minimum absolute atomic E-state index is 0.00712. The normalized spacial score (nSPS) is 16.0. The monoisotopic (exact) mass is 500 g/mol. The van der Waals surface area contributed by atoms with Crippen LogP contribution in [0.15, 0.2) is 30.5 Å². The first-order chi connectivity index (χ1) is 15.8. The maximum absolute atomic E-state index is 14.3. The highest BCUT2D eigenvalue weighted by Gasteiger charge is 2.45. The number of sulfone groups is 1. The summed E-state index contributed by atoms with van der Waals surface area (Å²) in [5, 5.41) is 13.5. The molecule has 0 radical (unpaired) electrons. The van der Waals surface area contributed by atoms with Gasteiger partial charge in [0.1, 0.15) is 17.4 Å². The molecule has 13 heteroatoms. The molecular weight excluding hydrogens is 477 g/mol. The maximum Gasteiger partial charge on any atom is 0.387 e. The molecule has 1 aromatic heterocycles. The Labute approximate surface area is 194 Å². The van der Waals surface area contributed by atoms with Crippen LogP contribution in [-0.2, 0) is 14.6 Å². The third kappa shape index (κ3) is 6.16. The van der Waals surface area contributed by atoms with Crippen LogP contribution in [0, 0.1) is 11.2 Å². The fourth-order valence-electron chi connectivity index (χ4n) is 3.41. The lowest BCUT2D eigenvalue weighted by molar-refractivity contribution is -0.0498. The van der Waals surface area contributed by atoms with E-state index in [4.69, 9.17) is 10.1 Å². The van der Waals surface area contributed by atoms with E-state index in [0.717, 1.165) is 24.4 Å². The molecule has 9 nitrogen and oxygen atoms in total. The number of pyridine rings is 1. The smallest absolute Gasteiger partial charge is 0.387 e. The van der Waals surface area contributed by atoms with Gasteiger partial charge in [-0.3, -0.25) is 10.2 Å². The average molecular weight is 500 g/mol. The van der Waals surface area contributed by atoms with Gasteiger partial charge in [0.2, 0.25) is 5.90 Å². The number of nitrogens with zero attached hydrogens (tertiary/aromatic N) is 1. The molecule has 2 heterocycles. The number of nitrogens with one attached hydrogen (secondary N) is 3. The van der Waals surface area contributed by atoms with Crippen LogP contribution in [0.2, 0.25) is 0 Å². The van der Waals surface area contributed by atoms with Crippen LogP contribution in [-0.4, -0.2) is 55.0 Å². The van der Waals surface area contributed by atoms with Crippen molar-refractivity contribution in [3.63, 3.8) is 0 Å². The Morgan fingerprint density at radius 3 is 2.50 bits per heavy atom. The molecule has 1 aliphatic rings. The second-order valence-corrected chi connectivity index (χ2v) is 10.4. The lowest BCUT2D eigenvalue weighted by Crippen LogP contribution is -2.63. The van der Waals surface area contributed by atoms with E-state index >= 15 is 0 Å². The highest BCUT2D eigenvalue weighted by molar-refractivity contribution is 7.93. The lowest BCUT2D eigenvalue weighted by atomic mass is 10.1. The maximum atomic E-state index is 14.3. The number of carbonyl (C=O) groups excluding carboxylic acids is 1. The minimum Gasteiger partial charge on any atom is -0.475 e. The van der Waals surface area contributed by atoms with Crippen LogP contribution < -0.4 is 15.4 Å². The van der Waals surface area contributed by atoms with Crippen LogP contribution in [0.1, 0.15) is 36.7 Å². The first-order valence-electron chi connectivity index (χ1n) is 10.1. The number of hydrogen-bond acceptors (Lipinski definition) is 8. The molecule has 184 valence electrons. The summed E-state index contributed by atoms with van der Waals surface area (Å²) < 4.78 is 72.0. The fourth-order valence-corrected chi connectivity index (χ4v) is 5.41. The Balaban J connectivity index is 1.92. The molecule has 0 bridgehead atoms. The Bertz CT molecular complexity index is 1210. The number of alkyl halides is 2. The summed E-state index contributed by atoms with van der Waals surface area (Å²) in [6.45, 7) is 1.84. The zero-order chi connectivity index (χ0) is 25.3. The number of benzene rings is 1. The second-order valence-electron chi connectivity index (χ2n) is 8.31. The highest BCUT2D eigenvalue weighted by Crippen LogP contribution is 2.28. The topological polar surface area (TPSA) is 130 Å². The molecule has 34 heavy (non-hydrogen) atoms. The molecule has 1 aromatic carbocycles. The summed E-state index contributed by atoms with van der Waals surface area (Å²) in [7, 11) is -3.20. The first kappa shape index (κ1) is 25.3. The first-order valence-corrected chi connectivity index (χ1v) is 11.9. The van der Waals surface area contributed by atoms with Crippen molar-refractivity contribution >= 4 is 33.1 Å². The summed E-state index contributed by atoms with van der Waals surface area (Å²) in [6.07, 6.45) is 0.744. The van der Waals surface area contributed by atoms with E-state index in [9.17, 15) is 26.4 Å². The summed E-state index contributed by atoms with van der Waals surface area (Å²) >= 11 is 0. The van der Waals surface area contributed by atoms with E-state index in [1.165, 1.54) is 6.07 Å². The SMILES string of the molecule is CC(C)OC(=N)c1cc(C(=O)NC2(C)CS(=O)(=O)C2)cnc1Nc1cc(OC(F)F)ccc1F. The number of rotatable bonds is 8. The fraction of sp³-hybridized carbons (Fsp3) is 0.381. The minimum atomic E-state index is -3.20. The van der Waals surface area contributed by atoms with Crippen LogP contribution in [0.4, 0.5) is 24.7 Å². The zero-order valence-corrected chi connectivity index (χ0v) is 19.3. The molecule has 0 spiro atoms. The number of aromatic nitrogens is 1. The van der Waals surface area contributed by atoms with E-state index in [1.807, 2.05) is 0 Å². The van der Waals surface area contributed by atoms with Gasteiger partial charge in [0.15, 0.2) is 9.84 Å². The molecule has 3 N–H and O–H groups in total. The Kier molecular flexibility index (Phi) is 7.05. The molecule has 1 aliphatic heterocycles. The molecule has 0 unspecified atom stereocenters. The van der Waals surface area contributed by atoms with E-state index in [1.54, 1.807) is 20.8 Å². The number of halogens is 3. The van der Waals surface area contributed by atoms with Gasteiger partial charge < -0.3 is 20.1 Å². The molecule has 0 aliphatic carbocycles. The van der Waals surface area contributed by atoms with Gasteiger partial charge in [-0.1, -0.05) is 0 Å². The van der Waals surface area contributed by atoms with E-state index < -0.39 is 39.8 Å². The van der Waals surface area contributed by atoms with Gasteiger partial charge >= 0.3 is 6.61 Å². The molecule has 0 saturated carbocycles. The van der Waals surface area contributed by atoms with Gasteiger partial charge in [-0.25, -0.2) is 17.8 Å². The third-order valence-electron chi connectivity index (χ3n) is 4.66. The predicted molar refractivity (Wildman–Crippen MR) is 118 cm³/mol. The third-order valence-corrected chi connectivity index (χ3v) is 6.81. The van der Waals surface area contributed by atoms with E-state index in [2.05, 4.69) is 20.4 Å². The van der Waals surface area contributed by atoms with Crippen LogP contribution in [0.25, 0.3) is 0 Å².